The number of nitrogens with one attached hydrogen (secondary N) is 1. The Morgan fingerprint density at radius 1 is 1.05 bits per heavy atom. The van der Waals surface area contributed by atoms with Crippen molar-refractivity contribution in [3.05, 3.63) is 82.9 Å². The summed E-state index contributed by atoms with van der Waals surface area (Å²) in [5.74, 6) is 1.20. The first-order valence-electron chi connectivity index (χ1n) is 15.1. The zero-order valence-electron chi connectivity index (χ0n) is 24.0. The fourth-order valence-electron chi connectivity index (χ4n) is 6.81. The number of alkyl halides is 1. The summed E-state index contributed by atoms with van der Waals surface area (Å²) in [5, 5.41) is 4.99. The van der Waals surface area contributed by atoms with Gasteiger partial charge in [0.2, 0.25) is 0 Å². The molecule has 4 heterocycles. The van der Waals surface area contributed by atoms with Crippen molar-refractivity contribution in [2.75, 3.05) is 13.1 Å². The van der Waals surface area contributed by atoms with E-state index in [-0.39, 0.29) is 30.8 Å². The van der Waals surface area contributed by atoms with Gasteiger partial charge in [-0.25, -0.2) is 4.39 Å². The van der Waals surface area contributed by atoms with Gasteiger partial charge in [0.15, 0.2) is 5.76 Å². The minimum atomic E-state index is -1.10. The van der Waals surface area contributed by atoms with Gasteiger partial charge < -0.3 is 24.9 Å². The van der Waals surface area contributed by atoms with Crippen molar-refractivity contribution in [3.63, 3.8) is 0 Å². The van der Waals surface area contributed by atoms with Crippen LogP contribution in [0.5, 0.6) is 0 Å². The van der Waals surface area contributed by atoms with Crippen LogP contribution in [-0.2, 0) is 13.1 Å². The molecular formula is C35H33FN4O3. The number of likely N-dealkylation sites (tertiary alicyclic amines) is 1. The molecule has 43 heavy (non-hydrogen) atoms. The van der Waals surface area contributed by atoms with E-state index in [1.165, 1.54) is 17.7 Å². The number of carbonyl (C=O) groups is 2. The Balaban J connectivity index is 1.19. The molecule has 0 radical (unpaired) electrons. The SMILES string of the molecule is Cc1c(-c2cc3ccc(-c4ccc5c(c4)CNC5=O)cc3n2CC2CC2)oc2cc(C(=O)N3C[C@H](N)C[C@@H](F)C3)ccc12. The van der Waals surface area contributed by atoms with E-state index in [0.717, 1.165) is 62.1 Å². The van der Waals surface area contributed by atoms with E-state index in [1.807, 2.05) is 18.2 Å². The molecule has 2 aliphatic heterocycles. The number of carbonyl (C=O) groups excluding carboxylic acids is 2. The number of rotatable bonds is 5. The smallest absolute Gasteiger partial charge is 0.254 e. The number of halogens is 1. The monoisotopic (exact) mass is 576 g/mol. The highest BCUT2D eigenvalue weighted by Crippen LogP contribution is 2.41. The first-order chi connectivity index (χ1) is 20.8. The van der Waals surface area contributed by atoms with Gasteiger partial charge >= 0.3 is 0 Å². The van der Waals surface area contributed by atoms with Gasteiger partial charge in [0.05, 0.1) is 12.2 Å². The third-order valence-corrected chi connectivity index (χ3v) is 9.30. The summed E-state index contributed by atoms with van der Waals surface area (Å²) in [7, 11) is 0. The van der Waals surface area contributed by atoms with Gasteiger partial charge in [0.1, 0.15) is 11.8 Å². The number of aryl methyl sites for hydroxylation is 1. The predicted octanol–water partition coefficient (Wildman–Crippen LogP) is 6.19. The molecule has 8 rings (SSSR count). The second-order valence-corrected chi connectivity index (χ2v) is 12.5. The van der Waals surface area contributed by atoms with Crippen molar-refractivity contribution in [3.8, 4) is 22.6 Å². The zero-order valence-corrected chi connectivity index (χ0v) is 24.0. The lowest BCUT2D eigenvalue weighted by molar-refractivity contribution is 0.0606. The van der Waals surface area contributed by atoms with Crippen molar-refractivity contribution in [2.45, 2.75) is 51.5 Å². The van der Waals surface area contributed by atoms with E-state index in [1.54, 1.807) is 12.1 Å². The molecule has 2 atom stereocenters. The topological polar surface area (TPSA) is 93.5 Å². The van der Waals surface area contributed by atoms with Gasteiger partial charge in [-0.1, -0.05) is 24.3 Å². The molecule has 1 saturated carbocycles. The van der Waals surface area contributed by atoms with E-state index in [4.69, 9.17) is 10.2 Å². The molecule has 8 heteroatoms. The van der Waals surface area contributed by atoms with Crippen LogP contribution in [0.15, 0.2) is 65.1 Å². The van der Waals surface area contributed by atoms with Gasteiger partial charge in [-0.05, 0) is 85.2 Å². The minimum Gasteiger partial charge on any atom is -0.454 e. The third-order valence-electron chi connectivity index (χ3n) is 9.30. The molecule has 5 aromatic rings. The molecule has 0 spiro atoms. The van der Waals surface area contributed by atoms with E-state index < -0.39 is 6.17 Å². The molecule has 218 valence electrons. The van der Waals surface area contributed by atoms with Crippen LogP contribution >= 0.6 is 0 Å². The molecule has 0 bridgehead atoms. The summed E-state index contributed by atoms with van der Waals surface area (Å²) in [6, 6.07) is 19.9. The maximum absolute atomic E-state index is 14.2. The van der Waals surface area contributed by atoms with Crippen molar-refractivity contribution >= 4 is 33.7 Å². The minimum absolute atomic E-state index is 0.0123. The molecule has 2 amide bonds. The molecular weight excluding hydrogens is 543 g/mol. The Kier molecular flexibility index (Phi) is 5.98. The second kappa shape index (κ2) is 9.81. The molecule has 1 aliphatic carbocycles. The number of nitrogens with two attached hydrogens (primary N) is 1. The molecule has 3 N–H and O–H groups in total. The third kappa shape index (κ3) is 4.52. The second-order valence-electron chi connectivity index (χ2n) is 12.5. The van der Waals surface area contributed by atoms with Crippen LogP contribution in [0.2, 0.25) is 0 Å². The zero-order chi connectivity index (χ0) is 29.4. The number of amides is 2. The normalized spacial score (nSPS) is 20.2. The maximum atomic E-state index is 14.2. The Morgan fingerprint density at radius 2 is 1.86 bits per heavy atom. The number of aromatic nitrogens is 1. The maximum Gasteiger partial charge on any atom is 0.254 e. The number of piperidine rings is 1. The number of benzene rings is 3. The summed E-state index contributed by atoms with van der Waals surface area (Å²) in [6.07, 6.45) is 1.61. The van der Waals surface area contributed by atoms with Gasteiger partial charge in [0, 0.05) is 58.7 Å². The molecule has 3 aromatic carbocycles. The number of hydrogen-bond donors (Lipinski definition) is 2. The largest absolute Gasteiger partial charge is 0.454 e. The van der Waals surface area contributed by atoms with E-state index in [2.05, 4.69) is 47.1 Å². The first kappa shape index (κ1) is 26.2. The standard InChI is InChI=1S/C35H33FN4O3/c1-19-28-8-7-24(35(42)39-17-26(36)14-27(37)18-39)13-32(28)43-33(19)31-12-23-5-4-22(11-30(23)40(31)16-20-2-3-20)21-6-9-29-25(10-21)15-38-34(29)41/h4-13,20,26-27H,2-3,14-18,37H2,1H3,(H,38,41)/t26-,27-/m1/s1. The lowest BCUT2D eigenvalue weighted by atomic mass is 9.99. The first-order valence-corrected chi connectivity index (χ1v) is 15.1. The molecule has 3 aliphatic rings. The summed E-state index contributed by atoms with van der Waals surface area (Å²) >= 11 is 0. The van der Waals surface area contributed by atoms with Crippen LogP contribution in [0.3, 0.4) is 0 Å². The Morgan fingerprint density at radius 3 is 2.67 bits per heavy atom. The van der Waals surface area contributed by atoms with E-state index in [0.29, 0.717) is 30.2 Å². The fraction of sp³-hybridized carbons (Fsp3) is 0.314. The fourth-order valence-corrected chi connectivity index (χ4v) is 6.81. The lowest BCUT2D eigenvalue weighted by Crippen LogP contribution is -2.50. The van der Waals surface area contributed by atoms with Crippen molar-refractivity contribution < 1.29 is 18.4 Å². The van der Waals surface area contributed by atoms with E-state index >= 15 is 0 Å². The average Bonchev–Trinajstić information content (AvgIpc) is 3.53. The highest BCUT2D eigenvalue weighted by molar-refractivity contribution is 6.00. The Hall–Kier alpha value is -4.43. The van der Waals surface area contributed by atoms with Crippen LogP contribution in [0.25, 0.3) is 44.5 Å². The summed E-state index contributed by atoms with van der Waals surface area (Å²) < 4.78 is 23.1. The van der Waals surface area contributed by atoms with Crippen LogP contribution in [0.1, 0.15) is 51.1 Å². The quantitative estimate of drug-likeness (QED) is 0.261. The van der Waals surface area contributed by atoms with Gasteiger partial charge in [-0.3, -0.25) is 9.59 Å². The number of fused-ring (bicyclic) bond motifs is 3. The van der Waals surface area contributed by atoms with Crippen LogP contribution in [0, 0.1) is 12.8 Å². The van der Waals surface area contributed by atoms with Crippen molar-refractivity contribution in [1.29, 1.82) is 0 Å². The van der Waals surface area contributed by atoms with Crippen molar-refractivity contribution in [1.82, 2.24) is 14.8 Å². The highest BCUT2D eigenvalue weighted by atomic mass is 19.1. The number of furan rings is 1. The molecule has 0 unspecified atom stereocenters. The number of hydrogen-bond acceptors (Lipinski definition) is 4. The van der Waals surface area contributed by atoms with E-state index in [9.17, 15) is 14.0 Å². The van der Waals surface area contributed by atoms with Crippen LogP contribution in [-0.4, -0.2) is 46.6 Å². The Bertz CT molecular complexity index is 1940. The summed E-state index contributed by atoms with van der Waals surface area (Å²) in [5.41, 5.74) is 14.3. The Labute approximate surface area is 248 Å². The predicted molar refractivity (Wildman–Crippen MR) is 165 cm³/mol. The average molecular weight is 577 g/mol. The summed E-state index contributed by atoms with van der Waals surface area (Å²) in [4.78, 5) is 26.8. The summed E-state index contributed by atoms with van der Waals surface area (Å²) in [6.45, 7) is 3.95. The van der Waals surface area contributed by atoms with Crippen molar-refractivity contribution in [2.24, 2.45) is 11.7 Å². The van der Waals surface area contributed by atoms with Gasteiger partial charge in [-0.15, -0.1) is 0 Å². The molecule has 1 saturated heterocycles. The van der Waals surface area contributed by atoms with Gasteiger partial charge in [0.25, 0.3) is 11.8 Å². The molecule has 2 aromatic heterocycles. The number of nitrogens with zero attached hydrogens (tertiary/aromatic N) is 2. The van der Waals surface area contributed by atoms with Gasteiger partial charge in [-0.2, -0.15) is 0 Å². The lowest BCUT2D eigenvalue weighted by Gasteiger charge is -2.33. The van der Waals surface area contributed by atoms with Crippen LogP contribution in [0.4, 0.5) is 4.39 Å². The molecule has 2 fully saturated rings. The van der Waals surface area contributed by atoms with Crippen LogP contribution < -0.4 is 11.1 Å². The molecule has 7 nitrogen and oxygen atoms in total. The highest BCUT2D eigenvalue weighted by Gasteiger charge is 2.30.